The maximum absolute atomic E-state index is 12.5. The molecule has 7 heteroatoms. The highest BCUT2D eigenvalue weighted by Crippen LogP contribution is 2.32. The van der Waals surface area contributed by atoms with Crippen LogP contribution in [0.5, 0.6) is 5.75 Å². The van der Waals surface area contributed by atoms with Gasteiger partial charge >= 0.3 is 0 Å². The van der Waals surface area contributed by atoms with Crippen molar-refractivity contribution in [3.63, 3.8) is 0 Å². The summed E-state index contributed by atoms with van der Waals surface area (Å²) < 4.78 is 5.34. The number of rotatable bonds is 5. The molecule has 0 saturated carbocycles. The fourth-order valence-electron chi connectivity index (χ4n) is 2.63. The fraction of sp³-hybridized carbons (Fsp3) is 0.190. The fourth-order valence-corrected chi connectivity index (χ4v) is 2.79. The summed E-state index contributed by atoms with van der Waals surface area (Å²) >= 11 is 6.13. The summed E-state index contributed by atoms with van der Waals surface area (Å²) in [7, 11) is 1.57. The molecule has 1 heterocycles. The summed E-state index contributed by atoms with van der Waals surface area (Å²) in [6.45, 7) is 5.82. The first-order chi connectivity index (χ1) is 13.4. The van der Waals surface area contributed by atoms with Gasteiger partial charge in [-0.05, 0) is 49.6 Å². The Balaban J connectivity index is 1.76. The van der Waals surface area contributed by atoms with Gasteiger partial charge in [-0.3, -0.25) is 4.79 Å². The maximum atomic E-state index is 12.5. The van der Waals surface area contributed by atoms with Crippen LogP contribution in [0.3, 0.4) is 0 Å². The molecule has 144 valence electrons. The van der Waals surface area contributed by atoms with Crippen molar-refractivity contribution >= 4 is 34.7 Å². The molecule has 28 heavy (non-hydrogen) atoms. The molecule has 3 aromatic rings. The first-order valence-electron chi connectivity index (χ1n) is 8.69. The summed E-state index contributed by atoms with van der Waals surface area (Å²) in [5.41, 5.74) is 4.66. The van der Waals surface area contributed by atoms with Gasteiger partial charge in [-0.2, -0.15) is 0 Å². The Morgan fingerprint density at radius 2 is 1.79 bits per heavy atom. The van der Waals surface area contributed by atoms with E-state index in [0.717, 1.165) is 22.4 Å². The Morgan fingerprint density at radius 1 is 1.00 bits per heavy atom. The van der Waals surface area contributed by atoms with Gasteiger partial charge in [0.1, 0.15) is 17.3 Å². The van der Waals surface area contributed by atoms with Crippen LogP contribution in [0.25, 0.3) is 0 Å². The zero-order valence-corrected chi connectivity index (χ0v) is 16.9. The summed E-state index contributed by atoms with van der Waals surface area (Å²) in [5, 5.41) is 6.62. The number of methoxy groups -OCH3 is 1. The van der Waals surface area contributed by atoms with Crippen molar-refractivity contribution < 1.29 is 9.53 Å². The molecule has 0 bridgehead atoms. The van der Waals surface area contributed by atoms with E-state index in [9.17, 15) is 4.79 Å². The summed E-state index contributed by atoms with van der Waals surface area (Å²) in [5.74, 6) is 0.769. The zero-order chi connectivity index (χ0) is 20.3. The zero-order valence-electron chi connectivity index (χ0n) is 16.1. The second-order valence-corrected chi connectivity index (χ2v) is 6.89. The molecule has 0 atom stereocenters. The third-order valence-corrected chi connectivity index (χ3v) is 4.68. The lowest BCUT2D eigenvalue weighted by atomic mass is 10.1. The Labute approximate surface area is 168 Å². The van der Waals surface area contributed by atoms with E-state index < -0.39 is 0 Å². The van der Waals surface area contributed by atoms with Crippen LogP contribution in [0, 0.1) is 20.8 Å². The average Bonchev–Trinajstić information content (AvgIpc) is 2.68. The highest BCUT2D eigenvalue weighted by molar-refractivity contribution is 6.31. The Hall–Kier alpha value is -3.12. The normalized spacial score (nSPS) is 10.5. The van der Waals surface area contributed by atoms with Crippen LogP contribution in [-0.2, 0) is 0 Å². The van der Waals surface area contributed by atoms with Gasteiger partial charge in [0, 0.05) is 16.8 Å². The Kier molecular flexibility index (Phi) is 5.80. The molecule has 0 saturated heterocycles. The molecule has 0 spiro atoms. The third-order valence-electron chi connectivity index (χ3n) is 4.27. The predicted octanol–water partition coefficient (Wildman–Crippen LogP) is 5.06. The number of nitrogens with one attached hydrogen (secondary N) is 2. The van der Waals surface area contributed by atoms with Gasteiger partial charge in [-0.25, -0.2) is 9.97 Å². The van der Waals surface area contributed by atoms with Crippen molar-refractivity contribution in [2.75, 3.05) is 17.7 Å². The first kappa shape index (κ1) is 19.6. The minimum atomic E-state index is -0.312. The van der Waals surface area contributed by atoms with Gasteiger partial charge in [-0.15, -0.1) is 0 Å². The molecular formula is C21H21ClN4O2. The number of carbonyl (C=O) groups is 1. The second kappa shape index (κ2) is 8.27. The number of amides is 1. The number of nitrogens with zero attached hydrogens (tertiary/aromatic N) is 2. The maximum Gasteiger partial charge on any atom is 0.275 e. The number of halogens is 1. The number of anilines is 3. The minimum absolute atomic E-state index is 0.228. The van der Waals surface area contributed by atoms with Gasteiger partial charge in [0.05, 0.1) is 25.2 Å². The van der Waals surface area contributed by atoms with Crippen LogP contribution in [0.1, 0.15) is 27.2 Å². The van der Waals surface area contributed by atoms with Crippen molar-refractivity contribution in [1.82, 2.24) is 9.97 Å². The molecule has 0 aliphatic rings. The number of hydrogen-bond donors (Lipinski definition) is 2. The number of hydrogen-bond acceptors (Lipinski definition) is 5. The second-order valence-electron chi connectivity index (χ2n) is 6.49. The summed E-state index contributed by atoms with van der Waals surface area (Å²) in [4.78, 5) is 21.0. The lowest BCUT2D eigenvalue weighted by molar-refractivity contribution is 0.102. The molecule has 2 N–H and O–H groups in total. The Morgan fingerprint density at radius 3 is 2.46 bits per heavy atom. The number of ether oxygens (including phenoxy) is 1. The average molecular weight is 397 g/mol. The molecule has 0 aliphatic heterocycles. The van der Waals surface area contributed by atoms with Crippen LogP contribution in [0.2, 0.25) is 5.02 Å². The lowest BCUT2D eigenvalue weighted by Crippen LogP contribution is -2.15. The van der Waals surface area contributed by atoms with E-state index in [1.165, 1.54) is 12.4 Å². The lowest BCUT2D eigenvalue weighted by Gasteiger charge is -2.13. The van der Waals surface area contributed by atoms with Crippen molar-refractivity contribution in [2.24, 2.45) is 0 Å². The molecule has 0 aliphatic carbocycles. The first-order valence-corrected chi connectivity index (χ1v) is 9.07. The van der Waals surface area contributed by atoms with Crippen LogP contribution in [0.15, 0.2) is 42.7 Å². The molecular weight excluding hydrogens is 376 g/mol. The quantitative estimate of drug-likeness (QED) is 0.630. The third kappa shape index (κ3) is 4.40. The standard InChI is InChI=1S/C21H21ClN4O2/c1-12-5-6-13(2)16(7-12)26-21(27)18-10-24-20(11-23-18)25-17-8-14(3)15(22)9-19(17)28-4/h5-11H,1-4H3,(H,24,25)(H,26,27). The van der Waals surface area contributed by atoms with Crippen molar-refractivity contribution in [3.05, 3.63) is 70.1 Å². The summed E-state index contributed by atoms with van der Waals surface area (Å²) in [6.07, 6.45) is 2.93. The monoisotopic (exact) mass is 396 g/mol. The number of aromatic nitrogens is 2. The van der Waals surface area contributed by atoms with Crippen molar-refractivity contribution in [3.8, 4) is 5.75 Å². The van der Waals surface area contributed by atoms with E-state index in [4.69, 9.17) is 16.3 Å². The van der Waals surface area contributed by atoms with Gasteiger partial charge in [0.25, 0.3) is 5.91 Å². The van der Waals surface area contributed by atoms with Gasteiger partial charge < -0.3 is 15.4 Å². The molecule has 6 nitrogen and oxygen atoms in total. The number of carbonyl (C=O) groups excluding carboxylic acids is 1. The van der Waals surface area contributed by atoms with Crippen molar-refractivity contribution in [1.29, 1.82) is 0 Å². The topological polar surface area (TPSA) is 76.1 Å². The number of benzene rings is 2. The van der Waals surface area contributed by atoms with E-state index in [1.54, 1.807) is 13.2 Å². The van der Waals surface area contributed by atoms with Crippen LogP contribution >= 0.6 is 11.6 Å². The largest absolute Gasteiger partial charge is 0.495 e. The molecule has 3 rings (SSSR count). The van der Waals surface area contributed by atoms with Crippen LogP contribution < -0.4 is 15.4 Å². The number of aryl methyl sites for hydroxylation is 3. The minimum Gasteiger partial charge on any atom is -0.495 e. The van der Waals surface area contributed by atoms with Crippen LogP contribution in [-0.4, -0.2) is 23.0 Å². The highest BCUT2D eigenvalue weighted by atomic mass is 35.5. The van der Waals surface area contributed by atoms with Crippen molar-refractivity contribution in [2.45, 2.75) is 20.8 Å². The van der Waals surface area contributed by atoms with E-state index in [2.05, 4.69) is 20.6 Å². The van der Waals surface area contributed by atoms with E-state index >= 15 is 0 Å². The molecule has 0 radical (unpaired) electrons. The molecule has 1 aromatic heterocycles. The van der Waals surface area contributed by atoms with E-state index in [1.807, 2.05) is 45.0 Å². The van der Waals surface area contributed by atoms with E-state index in [-0.39, 0.29) is 11.6 Å². The van der Waals surface area contributed by atoms with Gasteiger partial charge in [-0.1, -0.05) is 23.7 Å². The molecule has 1 amide bonds. The molecule has 0 fully saturated rings. The summed E-state index contributed by atoms with van der Waals surface area (Å²) in [6, 6.07) is 9.48. The highest BCUT2D eigenvalue weighted by Gasteiger charge is 2.12. The van der Waals surface area contributed by atoms with Gasteiger partial charge in [0.2, 0.25) is 0 Å². The smallest absolute Gasteiger partial charge is 0.275 e. The van der Waals surface area contributed by atoms with Crippen LogP contribution in [0.4, 0.5) is 17.2 Å². The van der Waals surface area contributed by atoms with E-state index in [0.29, 0.717) is 22.3 Å². The predicted molar refractivity (Wildman–Crippen MR) is 112 cm³/mol. The molecule has 2 aromatic carbocycles. The van der Waals surface area contributed by atoms with Gasteiger partial charge in [0.15, 0.2) is 0 Å². The molecule has 0 unspecified atom stereocenters. The SMILES string of the molecule is COc1cc(Cl)c(C)cc1Nc1cnc(C(=O)Nc2cc(C)ccc2C)cn1. The Bertz CT molecular complexity index is 1020.